The number of aromatic nitrogens is 2. The van der Waals surface area contributed by atoms with Gasteiger partial charge in [0.25, 0.3) is 0 Å². The third-order valence-corrected chi connectivity index (χ3v) is 4.26. The Kier molecular flexibility index (Phi) is 8.07. The van der Waals surface area contributed by atoms with Gasteiger partial charge in [-0.1, -0.05) is 20.8 Å². The molecule has 0 atom stereocenters. The fourth-order valence-electron chi connectivity index (χ4n) is 2.13. The van der Waals surface area contributed by atoms with Crippen LogP contribution in [-0.2, 0) is 25.0 Å². The second kappa shape index (κ2) is 9.32. The van der Waals surface area contributed by atoms with Gasteiger partial charge >= 0.3 is 0 Å². The van der Waals surface area contributed by atoms with Crippen molar-refractivity contribution in [2.45, 2.75) is 52.2 Å². The van der Waals surface area contributed by atoms with Crippen LogP contribution in [0.1, 0.15) is 50.0 Å². The average molecular weight is 281 g/mol. The Balaban J connectivity index is 2.91. The highest BCUT2D eigenvalue weighted by molar-refractivity contribution is 7.98. The number of hydrogen-bond donors (Lipinski definition) is 1. The van der Waals surface area contributed by atoms with Crippen LogP contribution < -0.4 is 5.32 Å². The van der Waals surface area contributed by atoms with Crippen LogP contribution in [0.3, 0.4) is 0 Å². The zero-order valence-corrected chi connectivity index (χ0v) is 13.6. The minimum atomic E-state index is 0.945. The first-order valence-electron chi connectivity index (χ1n) is 7.36. The summed E-state index contributed by atoms with van der Waals surface area (Å²) in [6.45, 7) is 7.58. The van der Waals surface area contributed by atoms with Crippen molar-refractivity contribution >= 4 is 11.8 Å². The number of nitrogens with one attached hydrogen (secondary N) is 1. The fraction of sp³-hybridized carbons (Fsp3) is 0.733. The molecule has 1 heterocycles. The summed E-state index contributed by atoms with van der Waals surface area (Å²) in [5, 5.41) is 3.22. The Hall–Kier alpha value is -0.610. The van der Waals surface area contributed by atoms with Crippen LogP contribution in [0.4, 0.5) is 0 Å². The molecule has 0 amide bonds. The number of likely N-dealkylation sites (N-methyl/N-ethyl adjacent to an activating group) is 1. The third kappa shape index (κ3) is 5.11. The Morgan fingerprint density at radius 1 is 1.05 bits per heavy atom. The molecule has 0 saturated carbocycles. The Morgan fingerprint density at radius 2 is 1.68 bits per heavy atom. The minimum absolute atomic E-state index is 0.945. The fourth-order valence-corrected chi connectivity index (χ4v) is 2.88. The van der Waals surface area contributed by atoms with Crippen LogP contribution in [-0.4, -0.2) is 29.3 Å². The van der Waals surface area contributed by atoms with Gasteiger partial charge in [0.1, 0.15) is 5.82 Å². The molecule has 4 heteroatoms. The lowest BCUT2D eigenvalue weighted by atomic mass is 10.0. The molecular formula is C15H27N3S. The summed E-state index contributed by atoms with van der Waals surface area (Å²) in [6.07, 6.45) is 4.25. The summed E-state index contributed by atoms with van der Waals surface area (Å²) < 4.78 is 0. The zero-order valence-electron chi connectivity index (χ0n) is 12.8. The molecule has 108 valence electrons. The van der Waals surface area contributed by atoms with E-state index in [9.17, 15) is 0 Å². The van der Waals surface area contributed by atoms with Crippen molar-refractivity contribution in [1.82, 2.24) is 15.3 Å². The highest BCUT2D eigenvalue weighted by Crippen LogP contribution is 2.17. The predicted octanol–water partition coefficient (Wildman–Crippen LogP) is 3.01. The van der Waals surface area contributed by atoms with E-state index in [1.165, 1.54) is 29.1 Å². The van der Waals surface area contributed by atoms with Gasteiger partial charge in [-0.25, -0.2) is 9.97 Å². The van der Waals surface area contributed by atoms with Crippen LogP contribution in [0.25, 0.3) is 0 Å². The minimum Gasteiger partial charge on any atom is -0.319 e. The Morgan fingerprint density at radius 3 is 2.16 bits per heavy atom. The van der Waals surface area contributed by atoms with Crippen molar-refractivity contribution in [3.05, 3.63) is 22.8 Å². The van der Waals surface area contributed by atoms with E-state index >= 15 is 0 Å². The Labute approximate surface area is 122 Å². The number of nitrogens with zero attached hydrogens (tertiary/aromatic N) is 2. The van der Waals surface area contributed by atoms with Gasteiger partial charge < -0.3 is 5.32 Å². The average Bonchev–Trinajstić information content (AvgIpc) is 2.45. The first kappa shape index (κ1) is 16.4. The van der Waals surface area contributed by atoms with Crippen LogP contribution in [0.2, 0.25) is 0 Å². The summed E-state index contributed by atoms with van der Waals surface area (Å²) in [7, 11) is 1.99. The molecule has 1 aromatic heterocycles. The van der Waals surface area contributed by atoms with E-state index in [0.717, 1.165) is 37.4 Å². The molecule has 1 aromatic rings. The molecule has 19 heavy (non-hydrogen) atoms. The summed E-state index contributed by atoms with van der Waals surface area (Å²) in [5.74, 6) is 3.15. The summed E-state index contributed by atoms with van der Waals surface area (Å²) >= 11 is 1.93. The van der Waals surface area contributed by atoms with E-state index < -0.39 is 0 Å². The maximum atomic E-state index is 4.76. The smallest absolute Gasteiger partial charge is 0.138 e. The van der Waals surface area contributed by atoms with Crippen LogP contribution in [0, 0.1) is 0 Å². The lowest BCUT2D eigenvalue weighted by Gasteiger charge is -2.13. The molecule has 0 aliphatic rings. The van der Waals surface area contributed by atoms with E-state index in [1.54, 1.807) is 0 Å². The van der Waals surface area contributed by atoms with Crippen molar-refractivity contribution in [1.29, 1.82) is 0 Å². The molecule has 0 fully saturated rings. The van der Waals surface area contributed by atoms with Gasteiger partial charge in [0.15, 0.2) is 0 Å². The van der Waals surface area contributed by atoms with Crippen LogP contribution in [0.5, 0.6) is 0 Å². The number of aryl methyl sites for hydroxylation is 2. The molecular weight excluding hydrogens is 254 g/mol. The Bertz CT molecular complexity index is 355. The molecule has 1 N–H and O–H groups in total. The van der Waals surface area contributed by atoms with Gasteiger partial charge in [0.05, 0.1) is 5.75 Å². The number of rotatable bonds is 9. The first-order valence-corrected chi connectivity index (χ1v) is 8.52. The molecule has 0 aliphatic carbocycles. The normalized spacial score (nSPS) is 10.9. The zero-order chi connectivity index (χ0) is 14.1. The third-order valence-electron chi connectivity index (χ3n) is 3.10. The van der Waals surface area contributed by atoms with Crippen LogP contribution >= 0.6 is 11.8 Å². The lowest BCUT2D eigenvalue weighted by Crippen LogP contribution is -2.16. The number of hydrogen-bond acceptors (Lipinski definition) is 4. The number of thioether (sulfide) groups is 1. The molecule has 3 nitrogen and oxygen atoms in total. The molecule has 0 saturated heterocycles. The summed E-state index contributed by atoms with van der Waals surface area (Å²) in [6, 6.07) is 0. The van der Waals surface area contributed by atoms with Gasteiger partial charge in [0, 0.05) is 11.4 Å². The van der Waals surface area contributed by atoms with Crippen molar-refractivity contribution in [3.8, 4) is 0 Å². The summed E-state index contributed by atoms with van der Waals surface area (Å²) in [4.78, 5) is 9.53. The van der Waals surface area contributed by atoms with Crippen molar-refractivity contribution in [2.24, 2.45) is 0 Å². The standard InChI is InChI=1S/C15H27N3S/c1-5-10-19-11-15-17-13(6-2)12(8-9-16-4)14(7-3)18-15/h16H,5-11H2,1-4H3. The molecule has 0 unspecified atom stereocenters. The van der Waals surface area contributed by atoms with Crippen molar-refractivity contribution in [3.63, 3.8) is 0 Å². The highest BCUT2D eigenvalue weighted by Gasteiger charge is 2.11. The maximum absolute atomic E-state index is 4.76. The topological polar surface area (TPSA) is 37.8 Å². The molecule has 0 radical (unpaired) electrons. The molecule has 1 rings (SSSR count). The van der Waals surface area contributed by atoms with Gasteiger partial charge in [-0.15, -0.1) is 0 Å². The second-order valence-corrected chi connectivity index (χ2v) is 5.73. The van der Waals surface area contributed by atoms with Crippen LogP contribution in [0.15, 0.2) is 0 Å². The molecule has 0 spiro atoms. The van der Waals surface area contributed by atoms with Gasteiger partial charge in [-0.3, -0.25) is 0 Å². The van der Waals surface area contributed by atoms with E-state index in [-0.39, 0.29) is 0 Å². The highest BCUT2D eigenvalue weighted by atomic mass is 32.2. The first-order chi connectivity index (χ1) is 9.26. The summed E-state index contributed by atoms with van der Waals surface area (Å²) in [5.41, 5.74) is 3.85. The van der Waals surface area contributed by atoms with E-state index in [0.29, 0.717) is 0 Å². The molecule has 0 bridgehead atoms. The monoisotopic (exact) mass is 281 g/mol. The molecule has 0 aliphatic heterocycles. The van der Waals surface area contributed by atoms with Crippen molar-refractivity contribution < 1.29 is 0 Å². The van der Waals surface area contributed by atoms with Gasteiger partial charge in [-0.05, 0) is 50.6 Å². The second-order valence-electron chi connectivity index (χ2n) is 4.63. The predicted molar refractivity (Wildman–Crippen MR) is 84.9 cm³/mol. The molecule has 0 aromatic carbocycles. The quantitative estimate of drug-likeness (QED) is 0.706. The van der Waals surface area contributed by atoms with E-state index in [1.807, 2.05) is 18.8 Å². The SMILES string of the molecule is CCCSCc1nc(CC)c(CCNC)c(CC)n1. The maximum Gasteiger partial charge on any atom is 0.138 e. The van der Waals surface area contributed by atoms with Gasteiger partial charge in [-0.2, -0.15) is 11.8 Å². The van der Waals surface area contributed by atoms with Crippen molar-refractivity contribution in [2.75, 3.05) is 19.3 Å². The lowest BCUT2D eigenvalue weighted by molar-refractivity contribution is 0.751. The van der Waals surface area contributed by atoms with Gasteiger partial charge in [0.2, 0.25) is 0 Å². The largest absolute Gasteiger partial charge is 0.319 e. The van der Waals surface area contributed by atoms with E-state index in [4.69, 9.17) is 9.97 Å². The van der Waals surface area contributed by atoms with E-state index in [2.05, 4.69) is 26.1 Å².